The van der Waals surface area contributed by atoms with E-state index in [2.05, 4.69) is 17.1 Å². The maximum absolute atomic E-state index is 13.2. The van der Waals surface area contributed by atoms with Crippen LogP contribution in [0.25, 0.3) is 0 Å². The Morgan fingerprint density at radius 3 is 2.39 bits per heavy atom. The third kappa shape index (κ3) is 3.62. The standard InChI is InChI=1S/C20H20N4O2S2/c1-2-3-12-23-19(26)21-22-20(23)27-13-18(25)24-14-8-4-6-10-16(14)28-17-11-7-5-9-15(17)24/h4-11H,2-3,12-13H2,1H3,(H,21,26). The summed E-state index contributed by atoms with van der Waals surface area (Å²) in [4.78, 5) is 29.0. The van der Waals surface area contributed by atoms with E-state index in [-0.39, 0.29) is 17.3 Å². The summed E-state index contributed by atoms with van der Waals surface area (Å²) in [7, 11) is 0. The second-order valence-electron chi connectivity index (χ2n) is 6.37. The monoisotopic (exact) mass is 412 g/mol. The van der Waals surface area contributed by atoms with Crippen LogP contribution in [0.3, 0.4) is 0 Å². The minimum atomic E-state index is -0.228. The van der Waals surface area contributed by atoms with Crippen molar-refractivity contribution in [2.24, 2.45) is 0 Å². The van der Waals surface area contributed by atoms with Crippen LogP contribution >= 0.6 is 23.5 Å². The number of rotatable bonds is 6. The van der Waals surface area contributed by atoms with E-state index in [0.717, 1.165) is 34.0 Å². The molecule has 0 saturated carbocycles. The number of hydrogen-bond donors (Lipinski definition) is 1. The van der Waals surface area contributed by atoms with Crippen molar-refractivity contribution in [3.8, 4) is 0 Å². The summed E-state index contributed by atoms with van der Waals surface area (Å²) in [5.74, 6) is 0.159. The van der Waals surface area contributed by atoms with E-state index in [9.17, 15) is 9.59 Å². The van der Waals surface area contributed by atoms with Gasteiger partial charge in [0.2, 0.25) is 5.91 Å². The number of carbonyl (C=O) groups excluding carboxylic acids is 1. The minimum Gasteiger partial charge on any atom is -0.278 e. The van der Waals surface area contributed by atoms with Crippen LogP contribution in [-0.4, -0.2) is 26.4 Å². The molecule has 0 saturated heterocycles. The molecule has 28 heavy (non-hydrogen) atoms. The first-order valence-electron chi connectivity index (χ1n) is 9.16. The molecule has 0 bridgehead atoms. The van der Waals surface area contributed by atoms with Gasteiger partial charge in [-0.25, -0.2) is 9.89 Å². The first-order valence-corrected chi connectivity index (χ1v) is 11.0. The minimum absolute atomic E-state index is 0.0392. The summed E-state index contributed by atoms with van der Waals surface area (Å²) in [5.41, 5.74) is 1.55. The van der Waals surface area contributed by atoms with Gasteiger partial charge in [-0.2, -0.15) is 0 Å². The highest BCUT2D eigenvalue weighted by Crippen LogP contribution is 2.48. The molecule has 0 spiro atoms. The van der Waals surface area contributed by atoms with Gasteiger partial charge in [0.25, 0.3) is 0 Å². The molecule has 0 unspecified atom stereocenters. The molecule has 1 amide bonds. The molecule has 0 radical (unpaired) electrons. The molecule has 0 atom stereocenters. The average molecular weight is 413 g/mol. The quantitative estimate of drug-likeness (QED) is 0.612. The Hall–Kier alpha value is -2.45. The second-order valence-corrected chi connectivity index (χ2v) is 8.40. The average Bonchev–Trinajstić information content (AvgIpc) is 3.08. The normalized spacial score (nSPS) is 12.5. The van der Waals surface area contributed by atoms with Crippen LogP contribution in [0.4, 0.5) is 11.4 Å². The van der Waals surface area contributed by atoms with Crippen molar-refractivity contribution >= 4 is 40.8 Å². The van der Waals surface area contributed by atoms with Crippen molar-refractivity contribution in [2.45, 2.75) is 41.3 Å². The Morgan fingerprint density at radius 2 is 1.75 bits per heavy atom. The molecule has 1 aliphatic heterocycles. The number of benzene rings is 2. The molecule has 0 aliphatic carbocycles. The number of unbranched alkanes of at least 4 members (excludes halogenated alkanes) is 1. The van der Waals surface area contributed by atoms with E-state index < -0.39 is 0 Å². The van der Waals surface area contributed by atoms with E-state index in [1.165, 1.54) is 11.8 Å². The molecule has 2 aromatic carbocycles. The first kappa shape index (κ1) is 18.9. The first-order chi connectivity index (χ1) is 13.7. The van der Waals surface area contributed by atoms with Crippen LogP contribution in [0, 0.1) is 0 Å². The van der Waals surface area contributed by atoms with Gasteiger partial charge in [-0.3, -0.25) is 14.3 Å². The fourth-order valence-corrected chi connectivity index (χ4v) is 4.97. The van der Waals surface area contributed by atoms with E-state index in [1.54, 1.807) is 21.2 Å². The van der Waals surface area contributed by atoms with Gasteiger partial charge in [-0.1, -0.05) is 61.1 Å². The highest BCUT2D eigenvalue weighted by Gasteiger charge is 2.28. The molecule has 8 heteroatoms. The fraction of sp³-hybridized carbons (Fsp3) is 0.250. The lowest BCUT2D eigenvalue weighted by atomic mass is 10.2. The number of H-pyrrole nitrogens is 1. The number of amides is 1. The van der Waals surface area contributed by atoms with E-state index in [0.29, 0.717) is 11.7 Å². The van der Waals surface area contributed by atoms with Gasteiger partial charge in [0.15, 0.2) is 5.16 Å². The Morgan fingerprint density at radius 1 is 1.11 bits per heavy atom. The van der Waals surface area contributed by atoms with Crippen LogP contribution in [0.15, 0.2) is 68.3 Å². The number of anilines is 2. The fourth-order valence-electron chi connectivity index (χ4n) is 3.09. The van der Waals surface area contributed by atoms with Crippen molar-refractivity contribution in [1.29, 1.82) is 0 Å². The molecular formula is C20H20N4O2S2. The third-order valence-corrected chi connectivity index (χ3v) is 6.56. The largest absolute Gasteiger partial charge is 0.343 e. The smallest absolute Gasteiger partial charge is 0.278 e. The number of aromatic amines is 1. The number of thioether (sulfide) groups is 1. The van der Waals surface area contributed by atoms with E-state index in [4.69, 9.17) is 0 Å². The highest BCUT2D eigenvalue weighted by molar-refractivity contribution is 8.00. The number of nitrogens with zero attached hydrogens (tertiary/aromatic N) is 3. The Balaban J connectivity index is 1.59. The van der Waals surface area contributed by atoms with Gasteiger partial charge in [0.05, 0.1) is 17.1 Å². The molecule has 144 valence electrons. The van der Waals surface area contributed by atoms with Crippen LogP contribution < -0.4 is 10.6 Å². The van der Waals surface area contributed by atoms with Gasteiger partial charge in [-0.15, -0.1) is 5.10 Å². The zero-order chi connectivity index (χ0) is 19.5. The maximum Gasteiger partial charge on any atom is 0.343 e. The molecule has 1 N–H and O–H groups in total. The molecule has 1 aliphatic rings. The zero-order valence-corrected chi connectivity index (χ0v) is 17.1. The number of nitrogens with one attached hydrogen (secondary N) is 1. The molecular weight excluding hydrogens is 392 g/mol. The van der Waals surface area contributed by atoms with E-state index in [1.807, 2.05) is 48.5 Å². The lowest BCUT2D eigenvalue weighted by Gasteiger charge is -2.30. The van der Waals surface area contributed by atoms with Crippen molar-refractivity contribution in [2.75, 3.05) is 10.7 Å². The molecule has 3 aromatic rings. The van der Waals surface area contributed by atoms with Crippen LogP contribution in [-0.2, 0) is 11.3 Å². The number of para-hydroxylation sites is 2. The molecule has 2 heterocycles. The summed E-state index contributed by atoms with van der Waals surface area (Å²) >= 11 is 2.96. The van der Waals surface area contributed by atoms with Crippen molar-refractivity contribution < 1.29 is 4.79 Å². The highest BCUT2D eigenvalue weighted by atomic mass is 32.2. The second kappa shape index (κ2) is 8.28. The van der Waals surface area contributed by atoms with Crippen molar-refractivity contribution in [1.82, 2.24) is 14.8 Å². The third-order valence-electron chi connectivity index (χ3n) is 4.46. The summed E-state index contributed by atoms with van der Waals surface area (Å²) in [6.45, 7) is 2.68. The number of fused-ring (bicyclic) bond motifs is 2. The van der Waals surface area contributed by atoms with E-state index >= 15 is 0 Å². The van der Waals surface area contributed by atoms with Gasteiger partial charge in [-0.05, 0) is 30.7 Å². The SMILES string of the molecule is CCCCn1c(SCC(=O)N2c3ccccc3Sc3ccccc32)n[nH]c1=O. The van der Waals surface area contributed by atoms with Crippen LogP contribution in [0.5, 0.6) is 0 Å². The van der Waals surface area contributed by atoms with Gasteiger partial charge < -0.3 is 0 Å². The zero-order valence-electron chi connectivity index (χ0n) is 15.4. The lowest BCUT2D eigenvalue weighted by molar-refractivity contribution is -0.115. The predicted octanol–water partition coefficient (Wildman–Crippen LogP) is 4.29. The summed E-state index contributed by atoms with van der Waals surface area (Å²) in [5, 5.41) is 7.13. The summed E-state index contributed by atoms with van der Waals surface area (Å²) in [6.07, 6.45) is 1.88. The topological polar surface area (TPSA) is 71.0 Å². The summed E-state index contributed by atoms with van der Waals surface area (Å²) in [6, 6.07) is 15.8. The summed E-state index contributed by atoms with van der Waals surface area (Å²) < 4.78 is 1.61. The maximum atomic E-state index is 13.2. The van der Waals surface area contributed by atoms with Gasteiger partial charge >= 0.3 is 5.69 Å². The predicted molar refractivity (Wildman–Crippen MR) is 113 cm³/mol. The molecule has 4 rings (SSSR count). The van der Waals surface area contributed by atoms with Gasteiger partial charge in [0, 0.05) is 16.3 Å². The Bertz CT molecular complexity index is 1010. The van der Waals surface area contributed by atoms with Crippen LogP contribution in [0.2, 0.25) is 0 Å². The van der Waals surface area contributed by atoms with Crippen molar-refractivity contribution in [3.05, 3.63) is 59.0 Å². The molecule has 6 nitrogen and oxygen atoms in total. The molecule has 1 aromatic heterocycles. The number of carbonyl (C=O) groups is 1. The Labute approximate surface area is 171 Å². The van der Waals surface area contributed by atoms with Crippen LogP contribution in [0.1, 0.15) is 19.8 Å². The number of hydrogen-bond acceptors (Lipinski definition) is 5. The Kier molecular flexibility index (Phi) is 5.59. The van der Waals surface area contributed by atoms with Gasteiger partial charge in [0.1, 0.15) is 0 Å². The molecule has 0 fully saturated rings. The van der Waals surface area contributed by atoms with Crippen molar-refractivity contribution in [3.63, 3.8) is 0 Å². The number of aromatic nitrogens is 3. The lowest BCUT2D eigenvalue weighted by Crippen LogP contribution is -2.30.